The number of rotatable bonds is 6. The molecule has 0 radical (unpaired) electrons. The summed E-state index contributed by atoms with van der Waals surface area (Å²) in [7, 11) is 3.95. The summed E-state index contributed by atoms with van der Waals surface area (Å²) in [5.41, 5.74) is 0. The summed E-state index contributed by atoms with van der Waals surface area (Å²) < 4.78 is 10.2. The highest BCUT2D eigenvalue weighted by molar-refractivity contribution is 6.44. The molecular weight excluding hydrogens is 198 g/mol. The number of aliphatic hydroxyl groups excluding tert-OH is 1. The molecule has 1 atom stereocenters. The quantitative estimate of drug-likeness (QED) is 0.518. The van der Waals surface area contributed by atoms with Gasteiger partial charge in [0.2, 0.25) is 0 Å². The molecule has 2 N–H and O–H groups in total. The lowest BCUT2D eigenvalue weighted by molar-refractivity contribution is 0.167. The van der Waals surface area contributed by atoms with Crippen molar-refractivity contribution < 1.29 is 14.0 Å². The summed E-state index contributed by atoms with van der Waals surface area (Å²) in [5, 5.41) is 10.8. The van der Waals surface area contributed by atoms with Crippen molar-refractivity contribution in [2.24, 2.45) is 0 Å². The van der Waals surface area contributed by atoms with E-state index in [1.807, 2.05) is 0 Å². The number of aliphatic hydroxyl groups is 1. The van der Waals surface area contributed by atoms with Crippen molar-refractivity contribution in [3.05, 3.63) is 0 Å². The molecule has 4 nitrogen and oxygen atoms in total. The summed E-state index contributed by atoms with van der Waals surface area (Å²) in [5.74, 6) is 0. The predicted molar refractivity (Wildman–Crippen MR) is 61.6 cm³/mol. The van der Waals surface area contributed by atoms with Crippen LogP contribution in [0.25, 0.3) is 0 Å². The van der Waals surface area contributed by atoms with Crippen LogP contribution < -0.4 is 5.32 Å². The Hall–Kier alpha value is 0.0569. The number of nitrogens with one attached hydrogen (secondary N) is 1. The maximum atomic E-state index is 8.25. The fourth-order valence-electron chi connectivity index (χ4n) is 0.703. The predicted octanol–water partition coefficient (Wildman–Crippen LogP) is 0.844. The fraction of sp³-hybridized carbons (Fsp3) is 1.00. The van der Waals surface area contributed by atoms with E-state index in [0.29, 0.717) is 0 Å². The van der Waals surface area contributed by atoms with E-state index in [-0.39, 0.29) is 6.23 Å². The van der Waals surface area contributed by atoms with Gasteiger partial charge in [0.05, 0.1) is 0 Å². The highest BCUT2D eigenvalue weighted by Crippen LogP contribution is 2.01. The van der Waals surface area contributed by atoms with E-state index in [1.54, 1.807) is 28.2 Å². The monoisotopic (exact) mass is 223 g/mol. The Morgan fingerprint density at radius 1 is 1.36 bits per heavy atom. The van der Waals surface area contributed by atoms with Gasteiger partial charge in [-0.2, -0.15) is 0 Å². The van der Waals surface area contributed by atoms with Gasteiger partial charge in [-0.25, -0.2) is 0 Å². The molecule has 88 valence electrons. The fourth-order valence-corrected chi connectivity index (χ4v) is 2.11. The van der Waals surface area contributed by atoms with Crippen LogP contribution in [0, 0.1) is 0 Å². The van der Waals surface area contributed by atoms with Crippen LogP contribution in [0.2, 0.25) is 6.04 Å². The van der Waals surface area contributed by atoms with Crippen LogP contribution >= 0.6 is 0 Å². The van der Waals surface area contributed by atoms with Crippen molar-refractivity contribution in [1.82, 2.24) is 5.32 Å². The average molecular weight is 223 g/mol. The molecule has 0 spiro atoms. The Morgan fingerprint density at radius 2 is 1.79 bits per heavy atom. The second kappa shape index (κ2) is 13.1. The van der Waals surface area contributed by atoms with E-state index >= 15 is 0 Å². The van der Waals surface area contributed by atoms with Crippen LogP contribution in [-0.2, 0) is 8.85 Å². The van der Waals surface area contributed by atoms with E-state index in [1.165, 1.54) is 12.8 Å². The lowest BCUT2D eigenvalue weighted by Gasteiger charge is -2.08. The van der Waals surface area contributed by atoms with Gasteiger partial charge in [-0.15, -0.1) is 0 Å². The molecule has 0 aromatic heterocycles. The van der Waals surface area contributed by atoms with Crippen molar-refractivity contribution in [2.45, 2.75) is 39.0 Å². The average Bonchev–Trinajstić information content (AvgIpc) is 2.20. The second-order valence-electron chi connectivity index (χ2n) is 3.01. The molecule has 0 fully saturated rings. The molecule has 0 rings (SSSR count). The summed E-state index contributed by atoms with van der Waals surface area (Å²) in [6.45, 7) is 3.84. The van der Waals surface area contributed by atoms with Gasteiger partial charge in [-0.1, -0.05) is 19.8 Å². The Labute approximate surface area is 89.5 Å². The molecular formula is C9H25NO3Si. The zero-order valence-corrected chi connectivity index (χ0v) is 11.2. The Kier molecular flexibility index (Phi) is 15.4. The van der Waals surface area contributed by atoms with Crippen molar-refractivity contribution in [3.63, 3.8) is 0 Å². The smallest absolute Gasteiger partial charge is 0.320 e. The number of hydrogen-bond donors (Lipinski definition) is 2. The lowest BCUT2D eigenvalue weighted by atomic mass is 10.4. The zero-order valence-electron chi connectivity index (χ0n) is 10.0. The summed E-state index contributed by atoms with van der Waals surface area (Å²) >= 11 is 0. The van der Waals surface area contributed by atoms with E-state index in [9.17, 15) is 0 Å². The minimum atomic E-state index is -1.21. The van der Waals surface area contributed by atoms with Crippen LogP contribution in [0.15, 0.2) is 0 Å². The van der Waals surface area contributed by atoms with Gasteiger partial charge in [0.15, 0.2) is 0 Å². The van der Waals surface area contributed by atoms with Crippen LogP contribution in [0.3, 0.4) is 0 Å². The largest absolute Gasteiger partial charge is 0.400 e. The molecule has 5 heteroatoms. The molecule has 0 heterocycles. The Balaban J connectivity index is 0. The SMILES string of the molecule is CCCC[SiH](OC)OC.CNC(C)O. The van der Waals surface area contributed by atoms with Gasteiger partial charge in [-0.3, -0.25) is 5.32 Å². The molecule has 0 aliphatic carbocycles. The highest BCUT2D eigenvalue weighted by atomic mass is 28.3. The number of unbranched alkanes of at least 4 members (excludes halogenated alkanes) is 1. The van der Waals surface area contributed by atoms with Crippen molar-refractivity contribution in [1.29, 1.82) is 0 Å². The van der Waals surface area contributed by atoms with Crippen LogP contribution in [-0.4, -0.2) is 41.9 Å². The highest BCUT2D eigenvalue weighted by Gasteiger charge is 2.06. The van der Waals surface area contributed by atoms with Crippen molar-refractivity contribution >= 4 is 9.28 Å². The standard InChI is InChI=1S/C6H16O2Si.C3H9NO/c1-4-5-6-9(7-2)8-3;1-3(5)4-2/h9H,4-6H2,1-3H3;3-5H,1-2H3. The van der Waals surface area contributed by atoms with Gasteiger partial charge in [-0.05, 0) is 20.0 Å². The van der Waals surface area contributed by atoms with Gasteiger partial charge >= 0.3 is 9.28 Å². The summed E-state index contributed by atoms with van der Waals surface area (Å²) in [6, 6.07) is 1.14. The van der Waals surface area contributed by atoms with E-state index in [0.717, 1.165) is 6.04 Å². The topological polar surface area (TPSA) is 50.7 Å². The van der Waals surface area contributed by atoms with Gasteiger partial charge in [0.1, 0.15) is 6.23 Å². The molecule has 14 heavy (non-hydrogen) atoms. The van der Waals surface area contributed by atoms with Gasteiger partial charge in [0, 0.05) is 14.2 Å². The third kappa shape index (κ3) is 14.6. The number of hydrogen-bond acceptors (Lipinski definition) is 4. The first kappa shape index (κ1) is 16.5. The van der Waals surface area contributed by atoms with E-state index in [4.69, 9.17) is 14.0 Å². The lowest BCUT2D eigenvalue weighted by Crippen LogP contribution is -2.19. The third-order valence-corrected chi connectivity index (χ3v) is 3.67. The first-order chi connectivity index (χ1) is 6.62. The van der Waals surface area contributed by atoms with Crippen molar-refractivity contribution in [2.75, 3.05) is 21.3 Å². The Morgan fingerprint density at radius 3 is 2.00 bits per heavy atom. The maximum Gasteiger partial charge on any atom is 0.320 e. The first-order valence-corrected chi connectivity index (χ1v) is 6.79. The summed E-state index contributed by atoms with van der Waals surface area (Å²) in [4.78, 5) is 0. The molecule has 0 amide bonds. The molecule has 0 bridgehead atoms. The molecule has 0 aromatic carbocycles. The van der Waals surface area contributed by atoms with Crippen molar-refractivity contribution in [3.8, 4) is 0 Å². The van der Waals surface area contributed by atoms with E-state index < -0.39 is 9.28 Å². The normalized spacial score (nSPS) is 12.2. The molecule has 0 saturated heterocycles. The zero-order chi connectivity index (χ0) is 11.4. The maximum absolute atomic E-state index is 8.25. The molecule has 0 aliphatic rings. The first-order valence-electron chi connectivity index (χ1n) is 5.03. The van der Waals surface area contributed by atoms with Crippen LogP contribution in [0.1, 0.15) is 26.7 Å². The molecule has 0 aliphatic heterocycles. The van der Waals surface area contributed by atoms with Gasteiger partial charge in [0.25, 0.3) is 0 Å². The third-order valence-electron chi connectivity index (χ3n) is 1.74. The van der Waals surface area contributed by atoms with E-state index in [2.05, 4.69) is 12.2 Å². The van der Waals surface area contributed by atoms with Gasteiger partial charge < -0.3 is 14.0 Å². The molecule has 0 saturated carbocycles. The van der Waals surface area contributed by atoms with Crippen LogP contribution in [0.5, 0.6) is 0 Å². The summed E-state index contributed by atoms with van der Waals surface area (Å²) in [6.07, 6.45) is 2.10. The molecule has 0 aromatic rings. The second-order valence-corrected chi connectivity index (χ2v) is 5.39. The molecule has 1 unspecified atom stereocenters. The Bertz CT molecular complexity index is 100. The minimum Gasteiger partial charge on any atom is -0.400 e. The minimum absolute atomic E-state index is 0.366. The van der Waals surface area contributed by atoms with Crippen LogP contribution in [0.4, 0.5) is 0 Å².